The molecule has 5 N–H and O–H groups in total. The number of aliphatic imine (C=N–C) groups is 1. The number of carbonyl (C=O) groups is 4. The van der Waals surface area contributed by atoms with E-state index in [2.05, 4.69) is 28.1 Å². The molecule has 0 saturated heterocycles. The molecule has 14 nitrogen and oxygen atoms in total. The lowest BCUT2D eigenvalue weighted by Crippen LogP contribution is -2.37. The van der Waals surface area contributed by atoms with Gasteiger partial charge in [0, 0.05) is 83.8 Å². The van der Waals surface area contributed by atoms with Crippen LogP contribution in [0.1, 0.15) is 58.8 Å². The smallest absolute Gasteiger partial charge is 0.261 e. The number of primary amides is 1. The van der Waals surface area contributed by atoms with Crippen LogP contribution >= 0.6 is 21.6 Å². The molecule has 0 bridgehead atoms. The number of anilines is 3. The molecule has 0 aliphatic carbocycles. The summed E-state index contributed by atoms with van der Waals surface area (Å²) in [5, 5.41) is 9.53. The lowest BCUT2D eigenvalue weighted by atomic mass is 9.92. The van der Waals surface area contributed by atoms with E-state index in [1.54, 1.807) is 45.7 Å². The van der Waals surface area contributed by atoms with Gasteiger partial charge in [0.15, 0.2) is 23.0 Å². The molecule has 342 valence electrons. The van der Waals surface area contributed by atoms with Crippen LogP contribution in [0.2, 0.25) is 0 Å². The molecule has 3 aliphatic rings. The Bertz CT molecular complexity index is 2660. The zero-order valence-corrected chi connectivity index (χ0v) is 38.6. The molecule has 8 rings (SSSR count). The second-order valence-electron chi connectivity index (χ2n) is 16.3. The number of hydrogen-bond donors (Lipinski definition) is 4. The summed E-state index contributed by atoms with van der Waals surface area (Å²) in [7, 11) is 6.35. The lowest BCUT2D eigenvalue weighted by Gasteiger charge is -2.26. The van der Waals surface area contributed by atoms with Gasteiger partial charge in [-0.25, -0.2) is 0 Å². The second-order valence-corrected chi connectivity index (χ2v) is 19.2. The summed E-state index contributed by atoms with van der Waals surface area (Å²) in [5.41, 5.74) is 14.1. The van der Waals surface area contributed by atoms with Crippen LogP contribution in [0.4, 0.5) is 22.7 Å². The summed E-state index contributed by atoms with van der Waals surface area (Å²) in [6.07, 6.45) is 5.18. The number of rotatable bonds is 19. The standard InChI is InChI=1S/C50H52N6O8S2/c1-30(66-65-14-8-13-48(51)58)15-49(59)55-35-17-31(27-63-46-23-41-39(21-44(46)61-2)38-11-6-4-9-33(38)19-36(25-52-41)54-29-57)16-32(18-35)28-64-47-24-42-40(22-45(47)62-3)50(60)56-37(26-53-42)20-34-10-5-7-12-43(34)56/h4-7,9-12,16-18,21-24,26,29-30,36-37,52H,8,13-15,19-20,25,27-28H2,1-3H3,(H2,51,58)(H,54,57)(H,55,59)/t30?,36?,37-/m0/s1. The van der Waals surface area contributed by atoms with Crippen molar-refractivity contribution in [2.75, 3.05) is 42.1 Å². The van der Waals surface area contributed by atoms with Crippen LogP contribution in [0, 0.1) is 0 Å². The minimum Gasteiger partial charge on any atom is -0.493 e. The number of para-hydroxylation sites is 1. The second kappa shape index (κ2) is 21.1. The van der Waals surface area contributed by atoms with Crippen LogP contribution in [-0.2, 0) is 40.4 Å². The van der Waals surface area contributed by atoms with Gasteiger partial charge < -0.3 is 40.6 Å². The van der Waals surface area contributed by atoms with Crippen molar-refractivity contribution in [2.24, 2.45) is 10.7 Å². The van der Waals surface area contributed by atoms with Crippen LogP contribution in [0.15, 0.2) is 96.0 Å². The molecule has 5 aromatic carbocycles. The van der Waals surface area contributed by atoms with Gasteiger partial charge in [-0.2, -0.15) is 0 Å². The van der Waals surface area contributed by atoms with Crippen molar-refractivity contribution in [2.45, 2.75) is 69.6 Å². The molecule has 66 heavy (non-hydrogen) atoms. The average Bonchev–Trinajstić information content (AvgIpc) is 3.62. The van der Waals surface area contributed by atoms with Gasteiger partial charge in [0.1, 0.15) is 13.2 Å². The number of methoxy groups -OCH3 is 2. The van der Waals surface area contributed by atoms with E-state index in [1.807, 2.05) is 79.9 Å². The molecule has 0 spiro atoms. The number of ether oxygens (including phenoxy) is 4. The van der Waals surface area contributed by atoms with E-state index in [1.165, 1.54) is 7.11 Å². The van der Waals surface area contributed by atoms with E-state index < -0.39 is 0 Å². The fourth-order valence-corrected chi connectivity index (χ4v) is 10.8. The number of nitrogens with zero attached hydrogens (tertiary/aromatic N) is 2. The van der Waals surface area contributed by atoms with Crippen molar-refractivity contribution < 1.29 is 38.1 Å². The molecule has 16 heteroatoms. The number of fused-ring (bicyclic) bond motifs is 7. The Morgan fingerprint density at radius 3 is 2.30 bits per heavy atom. The molecule has 5 aromatic rings. The first-order chi connectivity index (χ1) is 32.1. The molecule has 0 radical (unpaired) electrons. The molecule has 2 unspecified atom stereocenters. The largest absolute Gasteiger partial charge is 0.493 e. The number of nitrogens with two attached hydrogens (primary N) is 1. The number of hydrogen-bond acceptors (Lipinski definition) is 12. The van der Waals surface area contributed by atoms with Gasteiger partial charge >= 0.3 is 0 Å². The highest BCUT2D eigenvalue weighted by atomic mass is 33.1. The first kappa shape index (κ1) is 45.9. The van der Waals surface area contributed by atoms with Crippen LogP contribution in [-0.4, -0.2) is 74.2 Å². The maximum absolute atomic E-state index is 14.0. The molecule has 4 amide bonds. The third-order valence-electron chi connectivity index (χ3n) is 11.5. The molecule has 3 atom stereocenters. The van der Waals surface area contributed by atoms with E-state index in [-0.39, 0.29) is 54.7 Å². The van der Waals surface area contributed by atoms with Crippen LogP contribution in [0.3, 0.4) is 0 Å². The predicted molar refractivity (Wildman–Crippen MR) is 262 cm³/mol. The first-order valence-electron chi connectivity index (χ1n) is 21.8. The topological polar surface area (TPSA) is 183 Å². The number of amides is 4. The molecular weight excluding hydrogens is 877 g/mol. The molecule has 0 saturated carbocycles. The van der Waals surface area contributed by atoms with Crippen molar-refractivity contribution in [3.05, 3.63) is 119 Å². The van der Waals surface area contributed by atoms with Gasteiger partial charge in [0.05, 0.1) is 31.5 Å². The van der Waals surface area contributed by atoms with E-state index >= 15 is 0 Å². The summed E-state index contributed by atoms with van der Waals surface area (Å²) >= 11 is 0. The molecule has 0 aromatic heterocycles. The predicted octanol–water partition coefficient (Wildman–Crippen LogP) is 8.26. The van der Waals surface area contributed by atoms with Crippen molar-refractivity contribution in [3.8, 4) is 34.1 Å². The van der Waals surface area contributed by atoms with Crippen molar-refractivity contribution in [3.63, 3.8) is 0 Å². The lowest BCUT2D eigenvalue weighted by molar-refractivity contribution is -0.118. The highest BCUT2D eigenvalue weighted by Crippen LogP contribution is 2.43. The normalized spacial score (nSPS) is 16.0. The van der Waals surface area contributed by atoms with Crippen molar-refractivity contribution >= 4 is 74.7 Å². The van der Waals surface area contributed by atoms with Crippen LogP contribution in [0.25, 0.3) is 11.1 Å². The first-order valence-corrected chi connectivity index (χ1v) is 24.1. The average molecular weight is 929 g/mol. The van der Waals surface area contributed by atoms with Gasteiger partial charge in [-0.15, -0.1) is 0 Å². The Balaban J connectivity index is 1.04. The summed E-state index contributed by atoms with van der Waals surface area (Å²) in [5.74, 6) is 1.94. The van der Waals surface area contributed by atoms with Crippen LogP contribution in [0.5, 0.6) is 23.0 Å². The van der Waals surface area contributed by atoms with Crippen molar-refractivity contribution in [1.82, 2.24) is 5.32 Å². The minimum absolute atomic E-state index is 0.00858. The SMILES string of the molecule is COc1cc2c(cc1OCc1cc(COc3cc4c(cc3OC)-c3ccccc3CC(NC=O)CN4)cc(NC(=O)CC(C)SSCCCC(N)=O)c1)N=C[C@@H]1Cc3ccccc3N1C2=O. The maximum atomic E-state index is 14.0. The quantitative estimate of drug-likeness (QED) is 0.0355. The molecule has 3 aliphatic heterocycles. The van der Waals surface area contributed by atoms with Gasteiger partial charge in [-0.05, 0) is 77.1 Å². The highest BCUT2D eigenvalue weighted by molar-refractivity contribution is 8.76. The number of nitrogens with one attached hydrogen (secondary N) is 3. The Kier molecular flexibility index (Phi) is 14.7. The number of benzene rings is 5. The Morgan fingerprint density at radius 1 is 0.879 bits per heavy atom. The molecule has 0 fully saturated rings. The van der Waals surface area contributed by atoms with Gasteiger partial charge in [0.2, 0.25) is 18.2 Å². The van der Waals surface area contributed by atoms with Gasteiger partial charge in [0.25, 0.3) is 5.91 Å². The Labute approximate surface area is 391 Å². The summed E-state index contributed by atoms with van der Waals surface area (Å²) in [6.45, 7) is 2.70. The summed E-state index contributed by atoms with van der Waals surface area (Å²) in [4.78, 5) is 56.6. The minimum atomic E-state index is -0.320. The van der Waals surface area contributed by atoms with E-state index in [9.17, 15) is 19.2 Å². The Hall–Kier alpha value is -6.65. The fourth-order valence-electron chi connectivity index (χ4n) is 8.44. The van der Waals surface area contributed by atoms with Gasteiger partial charge in [-0.1, -0.05) is 71.0 Å². The fraction of sp³-hybridized carbons (Fsp3) is 0.300. The molecular formula is C50H52N6O8S2. The Morgan fingerprint density at radius 2 is 1.58 bits per heavy atom. The third-order valence-corrected chi connectivity index (χ3v) is 14.5. The zero-order chi connectivity index (χ0) is 46.2. The highest BCUT2D eigenvalue weighted by Gasteiger charge is 2.36. The molecule has 3 heterocycles. The maximum Gasteiger partial charge on any atom is 0.261 e. The number of carbonyl (C=O) groups excluding carboxylic acids is 4. The van der Waals surface area contributed by atoms with Gasteiger partial charge in [-0.3, -0.25) is 29.1 Å². The van der Waals surface area contributed by atoms with E-state index in [0.29, 0.717) is 72.2 Å². The van der Waals surface area contributed by atoms with E-state index in [0.717, 1.165) is 56.9 Å². The van der Waals surface area contributed by atoms with E-state index in [4.69, 9.17) is 29.7 Å². The summed E-state index contributed by atoms with van der Waals surface area (Å²) < 4.78 is 24.6. The van der Waals surface area contributed by atoms with Crippen molar-refractivity contribution in [1.29, 1.82) is 0 Å². The van der Waals surface area contributed by atoms with Crippen LogP contribution < -0.4 is 45.5 Å². The zero-order valence-electron chi connectivity index (χ0n) is 37.0. The monoisotopic (exact) mass is 928 g/mol. The third kappa shape index (κ3) is 10.7. The summed E-state index contributed by atoms with van der Waals surface area (Å²) in [6, 6.07) is 28.7.